The Balaban J connectivity index is 0.000000201. The van der Waals surface area contributed by atoms with Crippen molar-refractivity contribution in [1.29, 1.82) is 0 Å². The minimum absolute atomic E-state index is 0.678. The smallest absolute Gasteiger partial charge is 0.0568 e. The first kappa shape index (κ1) is 27.3. The first-order valence-electron chi connectivity index (χ1n) is 10.6. The lowest BCUT2D eigenvalue weighted by Crippen LogP contribution is -1.81. The molecule has 0 atom stereocenters. The highest BCUT2D eigenvalue weighted by Gasteiger charge is 1.91. The number of hydrogen-bond acceptors (Lipinski definition) is 4. The molecule has 0 N–H and O–H groups in total. The standard InChI is InChI=1S/2C14H10Cl2N2/c2*15-13-5-1-3-11(7-13)9-17-18-10-12-4-2-6-14(16)8-12/h2*1-10H/b2*17-9+,18-10+. The van der Waals surface area contributed by atoms with Gasteiger partial charge in [0.05, 0.1) is 24.9 Å². The summed E-state index contributed by atoms with van der Waals surface area (Å²) < 4.78 is 0. The molecule has 36 heavy (non-hydrogen) atoms. The van der Waals surface area contributed by atoms with Crippen LogP contribution in [-0.4, -0.2) is 24.9 Å². The highest BCUT2D eigenvalue weighted by Crippen LogP contribution is 2.11. The van der Waals surface area contributed by atoms with Crippen LogP contribution in [0.1, 0.15) is 22.3 Å². The third-order valence-corrected chi connectivity index (χ3v) is 5.30. The third-order valence-electron chi connectivity index (χ3n) is 4.36. The Morgan fingerprint density at radius 3 is 0.778 bits per heavy atom. The Morgan fingerprint density at radius 2 is 0.583 bits per heavy atom. The molecule has 0 fully saturated rings. The fourth-order valence-electron chi connectivity index (χ4n) is 2.75. The number of halogens is 4. The second-order valence-electron chi connectivity index (χ2n) is 7.20. The summed E-state index contributed by atoms with van der Waals surface area (Å²) >= 11 is 23.4. The van der Waals surface area contributed by atoms with Crippen LogP contribution in [0.2, 0.25) is 20.1 Å². The molecular weight excluding hydrogens is 534 g/mol. The number of rotatable bonds is 6. The van der Waals surface area contributed by atoms with Gasteiger partial charge < -0.3 is 0 Å². The van der Waals surface area contributed by atoms with Gasteiger partial charge in [-0.15, -0.1) is 0 Å². The minimum atomic E-state index is 0.678. The van der Waals surface area contributed by atoms with E-state index in [1.165, 1.54) is 0 Å². The van der Waals surface area contributed by atoms with Gasteiger partial charge in [-0.05, 0) is 70.8 Å². The molecule has 8 heteroatoms. The van der Waals surface area contributed by atoms with Gasteiger partial charge in [0.25, 0.3) is 0 Å². The van der Waals surface area contributed by atoms with E-state index in [4.69, 9.17) is 46.4 Å². The van der Waals surface area contributed by atoms with Crippen molar-refractivity contribution in [2.75, 3.05) is 0 Å². The Bertz CT molecular complexity index is 1180. The molecule has 4 aromatic rings. The van der Waals surface area contributed by atoms with Crippen molar-refractivity contribution < 1.29 is 0 Å². The Kier molecular flexibility index (Phi) is 11.4. The van der Waals surface area contributed by atoms with E-state index in [1.54, 1.807) is 24.9 Å². The minimum Gasteiger partial charge on any atom is -0.159 e. The summed E-state index contributed by atoms with van der Waals surface area (Å²) in [6.45, 7) is 0. The van der Waals surface area contributed by atoms with Gasteiger partial charge in [-0.25, -0.2) is 0 Å². The van der Waals surface area contributed by atoms with Crippen LogP contribution in [0.25, 0.3) is 0 Å². The molecule has 0 spiro atoms. The van der Waals surface area contributed by atoms with E-state index in [1.807, 2.05) is 97.1 Å². The van der Waals surface area contributed by atoms with Crippen LogP contribution in [0.15, 0.2) is 117 Å². The van der Waals surface area contributed by atoms with Crippen LogP contribution in [0, 0.1) is 0 Å². The van der Waals surface area contributed by atoms with Gasteiger partial charge in [-0.2, -0.15) is 20.4 Å². The molecule has 0 amide bonds. The maximum absolute atomic E-state index is 5.86. The Morgan fingerprint density at radius 1 is 0.361 bits per heavy atom. The lowest BCUT2D eigenvalue weighted by atomic mass is 10.2. The fraction of sp³-hybridized carbons (Fsp3) is 0. The molecule has 0 unspecified atom stereocenters. The summed E-state index contributed by atoms with van der Waals surface area (Å²) in [5, 5.41) is 18.5. The van der Waals surface area contributed by atoms with E-state index in [0.717, 1.165) is 22.3 Å². The summed E-state index contributed by atoms with van der Waals surface area (Å²) in [7, 11) is 0. The quantitative estimate of drug-likeness (QED) is 0.169. The molecule has 0 radical (unpaired) electrons. The maximum Gasteiger partial charge on any atom is 0.0568 e. The van der Waals surface area contributed by atoms with Crippen molar-refractivity contribution in [1.82, 2.24) is 0 Å². The molecule has 4 aromatic carbocycles. The number of benzene rings is 4. The topological polar surface area (TPSA) is 49.4 Å². The third kappa shape index (κ3) is 10.5. The molecule has 0 aromatic heterocycles. The van der Waals surface area contributed by atoms with E-state index < -0.39 is 0 Å². The van der Waals surface area contributed by atoms with Crippen molar-refractivity contribution in [3.8, 4) is 0 Å². The van der Waals surface area contributed by atoms with Crippen LogP contribution in [0.5, 0.6) is 0 Å². The summed E-state index contributed by atoms with van der Waals surface area (Å²) in [5.41, 5.74) is 3.63. The lowest BCUT2D eigenvalue weighted by molar-refractivity contribution is 1.26. The fourth-order valence-corrected chi connectivity index (χ4v) is 3.54. The SMILES string of the molecule is Clc1cccc(/C=N/N=C/c2cccc(Cl)c2)c1.Clc1cccc(/C=N/N=C/c2cccc(Cl)c2)c1. The van der Waals surface area contributed by atoms with Gasteiger partial charge in [-0.1, -0.05) is 94.9 Å². The zero-order valence-corrected chi connectivity index (χ0v) is 21.9. The van der Waals surface area contributed by atoms with Crippen molar-refractivity contribution in [2.24, 2.45) is 20.4 Å². The van der Waals surface area contributed by atoms with Gasteiger partial charge in [0.1, 0.15) is 0 Å². The summed E-state index contributed by atoms with van der Waals surface area (Å²) in [6.07, 6.45) is 6.58. The molecule has 4 nitrogen and oxygen atoms in total. The molecule has 0 saturated carbocycles. The van der Waals surface area contributed by atoms with Gasteiger partial charge in [0, 0.05) is 20.1 Å². The number of nitrogens with zero attached hydrogens (tertiary/aromatic N) is 4. The van der Waals surface area contributed by atoms with E-state index in [-0.39, 0.29) is 0 Å². The molecule has 0 aliphatic rings. The molecule has 0 saturated heterocycles. The summed E-state index contributed by atoms with van der Waals surface area (Å²) in [4.78, 5) is 0. The molecule has 0 aliphatic heterocycles. The average molecular weight is 554 g/mol. The zero-order chi connectivity index (χ0) is 25.6. The predicted octanol–water partition coefficient (Wildman–Crippen LogP) is 8.89. The average Bonchev–Trinajstić information content (AvgIpc) is 2.85. The Hall–Kier alpha value is -3.28. The van der Waals surface area contributed by atoms with Gasteiger partial charge >= 0.3 is 0 Å². The van der Waals surface area contributed by atoms with Crippen LogP contribution < -0.4 is 0 Å². The Labute approximate surface area is 230 Å². The van der Waals surface area contributed by atoms with E-state index >= 15 is 0 Å². The molecular formula is C28H20Cl4N4. The summed E-state index contributed by atoms with van der Waals surface area (Å²) in [5.74, 6) is 0. The van der Waals surface area contributed by atoms with Crippen molar-refractivity contribution >= 4 is 71.3 Å². The van der Waals surface area contributed by atoms with E-state index in [0.29, 0.717) is 20.1 Å². The van der Waals surface area contributed by atoms with Crippen molar-refractivity contribution in [3.63, 3.8) is 0 Å². The van der Waals surface area contributed by atoms with Crippen molar-refractivity contribution in [3.05, 3.63) is 139 Å². The van der Waals surface area contributed by atoms with Crippen LogP contribution >= 0.6 is 46.4 Å². The highest BCUT2D eigenvalue weighted by molar-refractivity contribution is 6.31. The largest absolute Gasteiger partial charge is 0.159 e. The molecule has 0 aliphatic carbocycles. The second-order valence-corrected chi connectivity index (χ2v) is 8.94. The van der Waals surface area contributed by atoms with E-state index in [2.05, 4.69) is 20.4 Å². The lowest BCUT2D eigenvalue weighted by Gasteiger charge is -1.92. The highest BCUT2D eigenvalue weighted by atomic mass is 35.5. The first-order chi connectivity index (χ1) is 17.5. The summed E-state index contributed by atoms with van der Waals surface area (Å²) in [6, 6.07) is 29.6. The molecule has 0 heterocycles. The van der Waals surface area contributed by atoms with Gasteiger partial charge in [0.2, 0.25) is 0 Å². The van der Waals surface area contributed by atoms with E-state index in [9.17, 15) is 0 Å². The predicted molar refractivity (Wildman–Crippen MR) is 156 cm³/mol. The number of hydrogen-bond donors (Lipinski definition) is 0. The van der Waals surface area contributed by atoms with Gasteiger partial charge in [0.15, 0.2) is 0 Å². The van der Waals surface area contributed by atoms with Crippen LogP contribution in [0.3, 0.4) is 0 Å². The molecule has 4 rings (SSSR count). The monoisotopic (exact) mass is 552 g/mol. The van der Waals surface area contributed by atoms with Gasteiger partial charge in [-0.3, -0.25) is 0 Å². The maximum atomic E-state index is 5.86. The molecule has 0 bridgehead atoms. The van der Waals surface area contributed by atoms with Crippen molar-refractivity contribution in [2.45, 2.75) is 0 Å². The normalized spacial score (nSPS) is 11.4. The molecule has 180 valence electrons. The van der Waals surface area contributed by atoms with Crippen LogP contribution in [-0.2, 0) is 0 Å². The first-order valence-corrected chi connectivity index (χ1v) is 12.1. The zero-order valence-electron chi connectivity index (χ0n) is 18.8. The second kappa shape index (κ2) is 15.0. The van der Waals surface area contributed by atoms with Crippen LogP contribution in [0.4, 0.5) is 0 Å².